The van der Waals surface area contributed by atoms with E-state index in [1.165, 1.54) is 25.9 Å². The van der Waals surface area contributed by atoms with Crippen LogP contribution in [0.4, 0.5) is 10.9 Å². The Morgan fingerprint density at radius 2 is 2.00 bits per heavy atom. The lowest BCUT2D eigenvalue weighted by Crippen LogP contribution is -2.33. The molecule has 7 heteroatoms. The standard InChI is InChI=1S/C23H28N4OS2/c1-16-15-29-23(25-16)26-22-21(28-19-7-5-4-6-8-19)13-20(14-24-22)30-17(2)18-9-11-27(3)12-10-18/h4-8,13-15,17-18H,9-12H2,1-3H3,(H,24,25,26). The maximum atomic E-state index is 6.20. The van der Waals surface area contributed by atoms with Gasteiger partial charge in [-0.05, 0) is 64.0 Å². The summed E-state index contributed by atoms with van der Waals surface area (Å²) in [7, 11) is 2.21. The molecule has 0 aliphatic carbocycles. The van der Waals surface area contributed by atoms with Crippen molar-refractivity contribution in [2.24, 2.45) is 5.92 Å². The monoisotopic (exact) mass is 440 g/mol. The van der Waals surface area contributed by atoms with Crippen molar-refractivity contribution in [1.82, 2.24) is 14.9 Å². The number of likely N-dealkylation sites (tertiary alicyclic amines) is 1. The van der Waals surface area contributed by atoms with E-state index in [1.807, 2.05) is 60.6 Å². The third-order valence-electron chi connectivity index (χ3n) is 5.39. The van der Waals surface area contributed by atoms with Gasteiger partial charge < -0.3 is 15.0 Å². The molecule has 4 rings (SSSR count). The number of aromatic nitrogens is 2. The first kappa shape index (κ1) is 21.2. The summed E-state index contributed by atoms with van der Waals surface area (Å²) in [5, 5.41) is 6.70. The van der Waals surface area contributed by atoms with Crippen molar-refractivity contribution in [2.75, 3.05) is 25.5 Å². The molecule has 158 valence electrons. The van der Waals surface area contributed by atoms with Crippen molar-refractivity contribution >= 4 is 34.0 Å². The Kier molecular flexibility index (Phi) is 6.92. The van der Waals surface area contributed by atoms with E-state index in [0.29, 0.717) is 11.1 Å². The third-order valence-corrected chi connectivity index (χ3v) is 7.52. The highest BCUT2D eigenvalue weighted by Gasteiger charge is 2.23. The normalized spacial score (nSPS) is 16.4. The molecular formula is C23H28N4OS2. The number of thiazole rings is 1. The van der Waals surface area contributed by atoms with Gasteiger partial charge in [0.25, 0.3) is 0 Å². The zero-order chi connectivity index (χ0) is 20.9. The number of aryl methyl sites for hydroxylation is 1. The number of nitrogens with zero attached hydrogens (tertiary/aromatic N) is 3. The first-order valence-corrected chi connectivity index (χ1v) is 12.1. The average molecular weight is 441 g/mol. The highest BCUT2D eigenvalue weighted by Crippen LogP contribution is 2.38. The van der Waals surface area contributed by atoms with E-state index in [9.17, 15) is 0 Å². The van der Waals surface area contributed by atoms with Crippen LogP contribution in [0.5, 0.6) is 11.5 Å². The number of benzene rings is 1. The van der Waals surface area contributed by atoms with Crippen molar-refractivity contribution in [1.29, 1.82) is 0 Å². The van der Waals surface area contributed by atoms with Gasteiger partial charge in [-0.2, -0.15) is 0 Å². The fourth-order valence-electron chi connectivity index (χ4n) is 3.60. The Morgan fingerprint density at radius 3 is 2.70 bits per heavy atom. The number of hydrogen-bond donors (Lipinski definition) is 1. The van der Waals surface area contributed by atoms with Crippen molar-refractivity contribution in [2.45, 2.75) is 36.8 Å². The molecule has 0 spiro atoms. The largest absolute Gasteiger partial charge is 0.453 e. The number of thioether (sulfide) groups is 1. The van der Waals surface area contributed by atoms with Crippen LogP contribution in [-0.2, 0) is 0 Å². The van der Waals surface area contributed by atoms with Gasteiger partial charge in [-0.15, -0.1) is 23.1 Å². The molecule has 0 radical (unpaired) electrons. The molecule has 5 nitrogen and oxygen atoms in total. The second kappa shape index (κ2) is 9.81. The van der Waals surface area contributed by atoms with Gasteiger partial charge in [0.2, 0.25) is 0 Å². The summed E-state index contributed by atoms with van der Waals surface area (Å²) in [4.78, 5) is 12.7. The molecule has 1 aliphatic heterocycles. The molecule has 1 fully saturated rings. The van der Waals surface area contributed by atoms with Crippen LogP contribution in [0, 0.1) is 12.8 Å². The minimum Gasteiger partial charge on any atom is -0.453 e. The lowest BCUT2D eigenvalue weighted by Gasteiger charge is -2.32. The Hall–Kier alpha value is -2.09. The van der Waals surface area contributed by atoms with Gasteiger partial charge in [-0.3, -0.25) is 0 Å². The van der Waals surface area contributed by atoms with Crippen LogP contribution < -0.4 is 10.1 Å². The van der Waals surface area contributed by atoms with Crippen LogP contribution >= 0.6 is 23.1 Å². The second-order valence-electron chi connectivity index (χ2n) is 7.82. The highest BCUT2D eigenvalue weighted by molar-refractivity contribution is 8.00. The van der Waals surface area contributed by atoms with Crippen LogP contribution in [0.3, 0.4) is 0 Å². The van der Waals surface area contributed by atoms with Crippen molar-refractivity contribution in [3.8, 4) is 11.5 Å². The zero-order valence-corrected chi connectivity index (χ0v) is 19.3. The quantitative estimate of drug-likeness (QED) is 0.441. The fraction of sp³-hybridized carbons (Fsp3) is 0.391. The Balaban J connectivity index is 1.53. The highest BCUT2D eigenvalue weighted by atomic mass is 32.2. The number of hydrogen-bond acceptors (Lipinski definition) is 7. The second-order valence-corrected chi connectivity index (χ2v) is 10.1. The number of para-hydroxylation sites is 1. The molecule has 1 aliphatic rings. The summed E-state index contributed by atoms with van der Waals surface area (Å²) in [5.74, 6) is 2.93. The van der Waals surface area contributed by atoms with Crippen molar-refractivity contribution in [3.63, 3.8) is 0 Å². The minimum atomic E-state index is 0.547. The average Bonchev–Trinajstić information content (AvgIpc) is 3.16. The van der Waals surface area contributed by atoms with Gasteiger partial charge >= 0.3 is 0 Å². The first-order chi connectivity index (χ1) is 14.6. The van der Waals surface area contributed by atoms with Gasteiger partial charge in [0.15, 0.2) is 16.7 Å². The molecule has 3 aromatic rings. The molecule has 1 unspecified atom stereocenters. The number of ether oxygens (including phenoxy) is 1. The lowest BCUT2D eigenvalue weighted by atomic mass is 9.94. The van der Waals surface area contributed by atoms with Crippen molar-refractivity contribution < 1.29 is 4.74 Å². The Morgan fingerprint density at radius 1 is 1.23 bits per heavy atom. The Bertz CT molecular complexity index is 955. The summed E-state index contributed by atoms with van der Waals surface area (Å²) in [6.07, 6.45) is 4.46. The fourth-order valence-corrected chi connectivity index (χ4v) is 5.47. The predicted octanol–water partition coefficient (Wildman–Crippen LogP) is 6.20. The van der Waals surface area contributed by atoms with Gasteiger partial charge in [-0.1, -0.05) is 25.1 Å². The van der Waals surface area contributed by atoms with Gasteiger partial charge in [-0.25, -0.2) is 9.97 Å². The van der Waals surface area contributed by atoms with Crippen molar-refractivity contribution in [3.05, 3.63) is 53.7 Å². The molecule has 0 amide bonds. The molecule has 1 saturated heterocycles. The van der Waals surface area contributed by atoms with E-state index in [2.05, 4.69) is 35.2 Å². The molecule has 1 N–H and O–H groups in total. The minimum absolute atomic E-state index is 0.547. The van der Waals surface area contributed by atoms with Gasteiger partial charge in [0, 0.05) is 21.7 Å². The summed E-state index contributed by atoms with van der Waals surface area (Å²) in [6.45, 7) is 6.70. The number of rotatable bonds is 7. The summed E-state index contributed by atoms with van der Waals surface area (Å²) < 4.78 is 6.20. The van der Waals surface area contributed by atoms with Crippen LogP contribution in [-0.4, -0.2) is 40.3 Å². The summed E-state index contributed by atoms with van der Waals surface area (Å²) >= 11 is 3.46. The van der Waals surface area contributed by atoms with Crippen LogP contribution in [0.15, 0.2) is 52.9 Å². The number of pyridine rings is 1. The molecular weight excluding hydrogens is 412 g/mol. The van der Waals surface area contributed by atoms with Gasteiger partial charge in [0.05, 0.1) is 5.69 Å². The molecule has 1 aromatic carbocycles. The first-order valence-electron chi connectivity index (χ1n) is 10.3. The van der Waals surface area contributed by atoms with E-state index >= 15 is 0 Å². The zero-order valence-electron chi connectivity index (χ0n) is 17.7. The molecule has 0 saturated carbocycles. The molecule has 2 aromatic heterocycles. The number of piperidine rings is 1. The number of anilines is 2. The lowest BCUT2D eigenvalue weighted by molar-refractivity contribution is 0.219. The SMILES string of the molecule is Cc1csc(Nc2ncc(SC(C)C3CCN(C)CC3)cc2Oc2ccccc2)n1. The maximum Gasteiger partial charge on any atom is 0.188 e. The van der Waals surface area contributed by atoms with E-state index in [-0.39, 0.29) is 0 Å². The van der Waals surface area contributed by atoms with E-state index in [4.69, 9.17) is 9.72 Å². The Labute approximate surface area is 186 Å². The summed E-state index contributed by atoms with van der Waals surface area (Å²) in [6, 6.07) is 11.9. The molecule has 0 bridgehead atoms. The van der Waals surface area contributed by atoms with Crippen LogP contribution in [0.25, 0.3) is 0 Å². The van der Waals surface area contributed by atoms with Crippen LogP contribution in [0.2, 0.25) is 0 Å². The molecule has 1 atom stereocenters. The third kappa shape index (κ3) is 5.53. The van der Waals surface area contributed by atoms with E-state index < -0.39 is 0 Å². The maximum absolute atomic E-state index is 6.20. The molecule has 3 heterocycles. The predicted molar refractivity (Wildman–Crippen MR) is 126 cm³/mol. The number of nitrogens with one attached hydrogen (secondary N) is 1. The van der Waals surface area contributed by atoms with Crippen LogP contribution in [0.1, 0.15) is 25.5 Å². The molecule has 30 heavy (non-hydrogen) atoms. The summed E-state index contributed by atoms with van der Waals surface area (Å²) in [5.41, 5.74) is 0.993. The smallest absolute Gasteiger partial charge is 0.188 e. The topological polar surface area (TPSA) is 50.3 Å². The van der Waals surface area contributed by atoms with E-state index in [1.54, 1.807) is 11.3 Å². The van der Waals surface area contributed by atoms with E-state index in [0.717, 1.165) is 33.1 Å². The van der Waals surface area contributed by atoms with Gasteiger partial charge in [0.1, 0.15) is 5.75 Å².